The van der Waals surface area contributed by atoms with Crippen LogP contribution in [0.5, 0.6) is 0 Å². The summed E-state index contributed by atoms with van der Waals surface area (Å²) in [5.41, 5.74) is 1.84. The molecule has 2 rings (SSSR count). The van der Waals surface area contributed by atoms with E-state index in [1.54, 1.807) is 6.20 Å². The highest BCUT2D eigenvalue weighted by Crippen LogP contribution is 2.19. The van der Waals surface area contributed by atoms with Crippen molar-refractivity contribution in [2.24, 2.45) is 0 Å². The molecule has 0 bridgehead atoms. The first-order chi connectivity index (χ1) is 7.66. The fourth-order valence-electron chi connectivity index (χ4n) is 1.36. The van der Waals surface area contributed by atoms with E-state index in [-0.39, 0.29) is 5.82 Å². The third-order valence-corrected chi connectivity index (χ3v) is 2.27. The number of hydrogen-bond donors (Lipinski definition) is 1. The van der Waals surface area contributed by atoms with Crippen molar-refractivity contribution in [2.45, 2.75) is 13.0 Å². The topological polar surface area (TPSA) is 46.0 Å². The molecule has 0 saturated carbocycles. The highest BCUT2D eigenvalue weighted by Gasteiger charge is 2.11. The Bertz CT molecular complexity index is 422. The molecule has 1 heterocycles. The molecule has 0 fully saturated rings. The van der Waals surface area contributed by atoms with Gasteiger partial charge in [-0.3, -0.25) is 9.97 Å². The van der Waals surface area contributed by atoms with E-state index in [1.807, 2.05) is 6.92 Å². The molecule has 0 aliphatic rings. The molecule has 1 atom stereocenters. The molecule has 16 heavy (non-hydrogen) atoms. The number of aliphatic hydroxyl groups is 1. The lowest BCUT2D eigenvalue weighted by Crippen LogP contribution is -2.03. The van der Waals surface area contributed by atoms with E-state index in [0.29, 0.717) is 11.3 Å². The van der Waals surface area contributed by atoms with Crippen molar-refractivity contribution in [3.05, 3.63) is 59.4 Å². The molecule has 0 spiro atoms. The number of aliphatic hydroxyl groups excluding tert-OH is 1. The minimum atomic E-state index is -0.867. The molecule has 0 saturated heterocycles. The maximum Gasteiger partial charge on any atom is 0.123 e. The molecule has 4 heteroatoms. The van der Waals surface area contributed by atoms with Crippen molar-refractivity contribution >= 4 is 0 Å². The van der Waals surface area contributed by atoms with Crippen LogP contribution in [0.15, 0.2) is 36.7 Å². The zero-order valence-corrected chi connectivity index (χ0v) is 8.76. The monoisotopic (exact) mass is 218 g/mol. The van der Waals surface area contributed by atoms with Crippen LogP contribution in [-0.2, 0) is 0 Å². The third-order valence-electron chi connectivity index (χ3n) is 2.27. The first kappa shape index (κ1) is 10.7. The lowest BCUT2D eigenvalue weighted by Gasteiger charge is -2.09. The third kappa shape index (κ3) is 2.23. The summed E-state index contributed by atoms with van der Waals surface area (Å²) in [5.74, 6) is -0.328. The normalized spacial score (nSPS) is 12.4. The Morgan fingerprint density at radius 2 is 1.81 bits per heavy atom. The van der Waals surface area contributed by atoms with Gasteiger partial charge in [-0.05, 0) is 24.6 Å². The number of nitrogens with zero attached hydrogens (tertiary/aromatic N) is 2. The van der Waals surface area contributed by atoms with Crippen LogP contribution in [0.2, 0.25) is 0 Å². The summed E-state index contributed by atoms with van der Waals surface area (Å²) in [6.07, 6.45) is 2.24. The summed E-state index contributed by atoms with van der Waals surface area (Å²) >= 11 is 0. The van der Waals surface area contributed by atoms with Gasteiger partial charge in [0.05, 0.1) is 17.6 Å². The highest BCUT2D eigenvalue weighted by molar-refractivity contribution is 5.24. The van der Waals surface area contributed by atoms with Crippen LogP contribution in [-0.4, -0.2) is 15.1 Å². The fraction of sp³-hybridized carbons (Fsp3) is 0.167. The van der Waals surface area contributed by atoms with Gasteiger partial charge >= 0.3 is 0 Å². The van der Waals surface area contributed by atoms with Crippen LogP contribution in [0.1, 0.15) is 23.1 Å². The number of halogens is 1. The average molecular weight is 218 g/mol. The second-order valence-corrected chi connectivity index (χ2v) is 3.54. The standard InChI is InChI=1S/C12H11FN2O/c1-8-6-15-11(7-14-8)12(16)9-2-4-10(13)5-3-9/h2-7,12,16H,1H3. The quantitative estimate of drug-likeness (QED) is 0.838. The van der Waals surface area contributed by atoms with E-state index >= 15 is 0 Å². The van der Waals surface area contributed by atoms with E-state index < -0.39 is 6.10 Å². The first-order valence-corrected chi connectivity index (χ1v) is 4.89. The van der Waals surface area contributed by atoms with Gasteiger partial charge < -0.3 is 5.11 Å². The van der Waals surface area contributed by atoms with Crippen molar-refractivity contribution < 1.29 is 9.50 Å². The van der Waals surface area contributed by atoms with Gasteiger partial charge in [-0.1, -0.05) is 12.1 Å². The Morgan fingerprint density at radius 1 is 1.12 bits per heavy atom. The van der Waals surface area contributed by atoms with Crippen LogP contribution < -0.4 is 0 Å². The van der Waals surface area contributed by atoms with E-state index in [9.17, 15) is 9.50 Å². The fourth-order valence-corrected chi connectivity index (χ4v) is 1.36. The second kappa shape index (κ2) is 4.37. The van der Waals surface area contributed by atoms with Crippen LogP contribution in [0.25, 0.3) is 0 Å². The van der Waals surface area contributed by atoms with Crippen molar-refractivity contribution in [3.63, 3.8) is 0 Å². The number of aromatic nitrogens is 2. The van der Waals surface area contributed by atoms with Crippen molar-refractivity contribution in [1.29, 1.82) is 0 Å². The van der Waals surface area contributed by atoms with Gasteiger partial charge in [0, 0.05) is 6.20 Å². The Morgan fingerprint density at radius 3 is 2.38 bits per heavy atom. The van der Waals surface area contributed by atoms with Gasteiger partial charge in [0.25, 0.3) is 0 Å². The van der Waals surface area contributed by atoms with E-state index in [4.69, 9.17) is 0 Å². The summed E-state index contributed by atoms with van der Waals surface area (Å²) in [6, 6.07) is 5.67. The molecule has 3 nitrogen and oxygen atoms in total. The predicted molar refractivity (Wildman–Crippen MR) is 57.2 cm³/mol. The largest absolute Gasteiger partial charge is 0.382 e. The Kier molecular flexibility index (Phi) is 2.92. The minimum absolute atomic E-state index is 0.328. The molecule has 1 aromatic heterocycles. The van der Waals surface area contributed by atoms with Crippen LogP contribution >= 0.6 is 0 Å². The summed E-state index contributed by atoms with van der Waals surface area (Å²) in [4.78, 5) is 8.12. The molecular formula is C12H11FN2O. The van der Waals surface area contributed by atoms with Crippen LogP contribution in [0, 0.1) is 12.7 Å². The van der Waals surface area contributed by atoms with Gasteiger partial charge in [0.2, 0.25) is 0 Å². The molecule has 0 amide bonds. The van der Waals surface area contributed by atoms with Crippen LogP contribution in [0.3, 0.4) is 0 Å². The molecule has 0 aliphatic carbocycles. The Hall–Kier alpha value is -1.81. The summed E-state index contributed by atoms with van der Waals surface area (Å²) in [5, 5.41) is 9.95. The maximum absolute atomic E-state index is 12.7. The molecule has 0 radical (unpaired) electrons. The summed E-state index contributed by atoms with van der Waals surface area (Å²) in [6.45, 7) is 1.82. The van der Waals surface area contributed by atoms with E-state index in [1.165, 1.54) is 30.5 Å². The second-order valence-electron chi connectivity index (χ2n) is 3.54. The lowest BCUT2D eigenvalue weighted by atomic mass is 10.1. The zero-order chi connectivity index (χ0) is 11.5. The van der Waals surface area contributed by atoms with Gasteiger partial charge in [0.1, 0.15) is 11.9 Å². The van der Waals surface area contributed by atoms with E-state index in [0.717, 1.165) is 5.69 Å². The number of hydrogen-bond acceptors (Lipinski definition) is 3. The number of benzene rings is 1. The number of rotatable bonds is 2. The SMILES string of the molecule is Cc1cnc(C(O)c2ccc(F)cc2)cn1. The van der Waals surface area contributed by atoms with Gasteiger partial charge in [0.15, 0.2) is 0 Å². The summed E-state index contributed by atoms with van der Waals surface area (Å²) < 4.78 is 12.7. The smallest absolute Gasteiger partial charge is 0.123 e. The van der Waals surface area contributed by atoms with Crippen LogP contribution in [0.4, 0.5) is 4.39 Å². The van der Waals surface area contributed by atoms with Gasteiger partial charge in [-0.25, -0.2) is 4.39 Å². The summed E-state index contributed by atoms with van der Waals surface area (Å²) in [7, 11) is 0. The molecule has 1 N–H and O–H groups in total. The highest BCUT2D eigenvalue weighted by atomic mass is 19.1. The molecule has 1 aromatic carbocycles. The minimum Gasteiger partial charge on any atom is -0.382 e. The average Bonchev–Trinajstić information content (AvgIpc) is 2.30. The van der Waals surface area contributed by atoms with Crippen molar-refractivity contribution in [1.82, 2.24) is 9.97 Å². The molecular weight excluding hydrogens is 207 g/mol. The Balaban J connectivity index is 2.28. The van der Waals surface area contributed by atoms with Crippen molar-refractivity contribution in [3.8, 4) is 0 Å². The Labute approximate surface area is 92.6 Å². The zero-order valence-electron chi connectivity index (χ0n) is 8.76. The van der Waals surface area contributed by atoms with Crippen molar-refractivity contribution in [2.75, 3.05) is 0 Å². The first-order valence-electron chi connectivity index (χ1n) is 4.89. The van der Waals surface area contributed by atoms with Gasteiger partial charge in [-0.15, -0.1) is 0 Å². The number of aryl methyl sites for hydroxylation is 1. The molecule has 2 aromatic rings. The van der Waals surface area contributed by atoms with Gasteiger partial charge in [-0.2, -0.15) is 0 Å². The molecule has 82 valence electrons. The van der Waals surface area contributed by atoms with E-state index in [2.05, 4.69) is 9.97 Å². The predicted octanol–water partition coefficient (Wildman–Crippen LogP) is 2.01. The maximum atomic E-state index is 12.7. The molecule has 0 aliphatic heterocycles. The molecule has 1 unspecified atom stereocenters. The lowest BCUT2D eigenvalue weighted by molar-refractivity contribution is 0.214.